The number of rotatable bonds is 5. The molecule has 1 fully saturated rings. The number of carbonyl (C=O) groups is 1. The first-order valence-corrected chi connectivity index (χ1v) is 8.79. The van der Waals surface area contributed by atoms with Crippen LogP contribution >= 0.6 is 11.3 Å². The number of carbonyl (C=O) groups excluding carboxylic acids is 1. The van der Waals surface area contributed by atoms with E-state index in [4.69, 9.17) is 0 Å². The summed E-state index contributed by atoms with van der Waals surface area (Å²) in [4.78, 5) is 18.9. The molecule has 0 saturated carbocycles. The zero-order valence-electron chi connectivity index (χ0n) is 12.9. The highest BCUT2D eigenvalue weighted by molar-refractivity contribution is 7.09. The van der Waals surface area contributed by atoms with Crippen molar-refractivity contribution in [2.75, 3.05) is 18.4 Å². The second-order valence-corrected chi connectivity index (χ2v) is 6.72. The lowest BCUT2D eigenvalue weighted by molar-refractivity contribution is -0.115. The topological polar surface area (TPSA) is 45.2 Å². The van der Waals surface area contributed by atoms with E-state index in [1.54, 1.807) is 29.5 Å². The van der Waals surface area contributed by atoms with Crippen molar-refractivity contribution in [1.29, 1.82) is 0 Å². The maximum absolute atomic E-state index is 13.5. The van der Waals surface area contributed by atoms with Gasteiger partial charge in [-0.1, -0.05) is 18.6 Å². The number of hydrogen-bond acceptors (Lipinski definition) is 4. The SMILES string of the molecule is O=C(Cc1csc(CN2CCCCC2)n1)Nc1ccccc1F. The van der Waals surface area contributed by atoms with Gasteiger partial charge in [-0.3, -0.25) is 9.69 Å². The van der Waals surface area contributed by atoms with Gasteiger partial charge in [-0.05, 0) is 38.1 Å². The minimum Gasteiger partial charge on any atom is -0.323 e. The molecule has 23 heavy (non-hydrogen) atoms. The number of anilines is 1. The lowest BCUT2D eigenvalue weighted by atomic mass is 10.1. The maximum atomic E-state index is 13.5. The highest BCUT2D eigenvalue weighted by atomic mass is 32.1. The van der Waals surface area contributed by atoms with E-state index in [-0.39, 0.29) is 18.0 Å². The summed E-state index contributed by atoms with van der Waals surface area (Å²) < 4.78 is 13.5. The second-order valence-electron chi connectivity index (χ2n) is 5.77. The van der Waals surface area contributed by atoms with Crippen molar-refractivity contribution in [3.8, 4) is 0 Å². The van der Waals surface area contributed by atoms with Gasteiger partial charge in [-0.25, -0.2) is 9.37 Å². The molecule has 1 aromatic carbocycles. The van der Waals surface area contributed by atoms with Crippen LogP contribution in [0.3, 0.4) is 0 Å². The normalized spacial score (nSPS) is 15.5. The monoisotopic (exact) mass is 333 g/mol. The summed E-state index contributed by atoms with van der Waals surface area (Å²) in [5.41, 5.74) is 0.956. The third kappa shape index (κ3) is 4.59. The van der Waals surface area contributed by atoms with Gasteiger partial charge in [-0.2, -0.15) is 0 Å². The van der Waals surface area contributed by atoms with Crippen LogP contribution in [0, 0.1) is 5.82 Å². The molecule has 4 nitrogen and oxygen atoms in total. The Morgan fingerprint density at radius 1 is 1.26 bits per heavy atom. The van der Waals surface area contributed by atoms with Crippen molar-refractivity contribution in [1.82, 2.24) is 9.88 Å². The van der Waals surface area contributed by atoms with E-state index in [1.165, 1.54) is 25.3 Å². The van der Waals surface area contributed by atoms with Gasteiger partial charge in [0, 0.05) is 5.38 Å². The molecular weight excluding hydrogens is 313 g/mol. The first-order chi connectivity index (χ1) is 11.2. The van der Waals surface area contributed by atoms with Crippen LogP contribution in [-0.4, -0.2) is 28.9 Å². The lowest BCUT2D eigenvalue weighted by Crippen LogP contribution is -2.29. The first kappa shape index (κ1) is 16.1. The number of hydrogen-bond donors (Lipinski definition) is 1. The average molecular weight is 333 g/mol. The number of amides is 1. The molecule has 0 radical (unpaired) electrons. The Morgan fingerprint density at radius 3 is 2.83 bits per heavy atom. The summed E-state index contributed by atoms with van der Waals surface area (Å²) in [6.45, 7) is 3.12. The Kier molecular flexibility index (Phi) is 5.35. The fourth-order valence-corrected chi connectivity index (χ4v) is 3.57. The fourth-order valence-electron chi connectivity index (χ4n) is 2.73. The number of nitrogens with zero attached hydrogens (tertiary/aromatic N) is 2. The van der Waals surface area contributed by atoms with Gasteiger partial charge in [0.2, 0.25) is 5.91 Å². The molecule has 1 aliphatic rings. The predicted octanol–water partition coefficient (Wildman–Crippen LogP) is 3.45. The summed E-state index contributed by atoms with van der Waals surface area (Å²) in [6.07, 6.45) is 3.99. The minimum absolute atomic E-state index is 0.171. The molecule has 0 spiro atoms. The van der Waals surface area contributed by atoms with Crippen molar-refractivity contribution >= 4 is 22.9 Å². The molecule has 1 saturated heterocycles. The number of aromatic nitrogens is 1. The molecule has 0 bridgehead atoms. The molecule has 1 N–H and O–H groups in total. The Morgan fingerprint density at radius 2 is 2.04 bits per heavy atom. The van der Waals surface area contributed by atoms with Crippen LogP contribution in [-0.2, 0) is 17.8 Å². The van der Waals surface area contributed by atoms with Crippen LogP contribution in [0.2, 0.25) is 0 Å². The maximum Gasteiger partial charge on any atom is 0.230 e. The number of piperidine rings is 1. The van der Waals surface area contributed by atoms with Gasteiger partial charge in [-0.15, -0.1) is 11.3 Å². The van der Waals surface area contributed by atoms with Crippen LogP contribution in [0.4, 0.5) is 10.1 Å². The number of thiazole rings is 1. The Bertz CT molecular complexity index is 667. The number of halogens is 1. The van der Waals surface area contributed by atoms with E-state index in [2.05, 4.69) is 15.2 Å². The smallest absolute Gasteiger partial charge is 0.230 e. The Balaban J connectivity index is 1.54. The van der Waals surface area contributed by atoms with Crippen molar-refractivity contribution in [3.05, 3.63) is 46.2 Å². The number of para-hydroxylation sites is 1. The zero-order chi connectivity index (χ0) is 16.1. The van der Waals surface area contributed by atoms with Gasteiger partial charge in [0.05, 0.1) is 24.3 Å². The zero-order valence-corrected chi connectivity index (χ0v) is 13.7. The highest BCUT2D eigenvalue weighted by Gasteiger charge is 2.14. The minimum atomic E-state index is -0.426. The van der Waals surface area contributed by atoms with Gasteiger partial charge in [0.25, 0.3) is 0 Å². The van der Waals surface area contributed by atoms with Crippen molar-refractivity contribution in [2.45, 2.75) is 32.2 Å². The van der Waals surface area contributed by atoms with E-state index >= 15 is 0 Å². The largest absolute Gasteiger partial charge is 0.323 e. The van der Waals surface area contributed by atoms with Crippen LogP contribution in [0.15, 0.2) is 29.6 Å². The molecule has 6 heteroatoms. The van der Waals surface area contributed by atoms with Gasteiger partial charge >= 0.3 is 0 Å². The van der Waals surface area contributed by atoms with Crippen molar-refractivity contribution in [2.24, 2.45) is 0 Å². The number of likely N-dealkylation sites (tertiary alicyclic amines) is 1. The summed E-state index contributed by atoms with van der Waals surface area (Å²) in [5, 5.41) is 5.55. The van der Waals surface area contributed by atoms with Crippen LogP contribution in [0.5, 0.6) is 0 Å². The van der Waals surface area contributed by atoms with Crippen LogP contribution in [0.1, 0.15) is 30.0 Å². The number of nitrogens with one attached hydrogen (secondary N) is 1. The summed E-state index contributed by atoms with van der Waals surface area (Å²) >= 11 is 1.59. The Hall–Kier alpha value is -1.79. The highest BCUT2D eigenvalue weighted by Crippen LogP contribution is 2.17. The second kappa shape index (κ2) is 7.66. The summed E-state index contributed by atoms with van der Waals surface area (Å²) in [7, 11) is 0. The average Bonchev–Trinajstić information content (AvgIpc) is 2.97. The molecule has 2 heterocycles. The molecule has 2 aromatic rings. The molecule has 0 unspecified atom stereocenters. The third-order valence-corrected chi connectivity index (χ3v) is 4.78. The van der Waals surface area contributed by atoms with E-state index < -0.39 is 5.82 Å². The van der Waals surface area contributed by atoms with Gasteiger partial charge < -0.3 is 5.32 Å². The molecule has 3 rings (SSSR count). The van der Waals surface area contributed by atoms with E-state index in [1.807, 2.05) is 5.38 Å². The molecule has 1 aliphatic heterocycles. The standard InChI is InChI=1S/C17H20FN3OS/c18-14-6-2-3-7-15(14)20-16(22)10-13-12-23-17(19-13)11-21-8-4-1-5-9-21/h2-3,6-7,12H,1,4-5,8-11H2,(H,20,22). The van der Waals surface area contributed by atoms with Crippen molar-refractivity contribution in [3.63, 3.8) is 0 Å². The molecule has 0 aliphatic carbocycles. The van der Waals surface area contributed by atoms with Crippen molar-refractivity contribution < 1.29 is 9.18 Å². The predicted molar refractivity (Wildman–Crippen MR) is 90.0 cm³/mol. The number of benzene rings is 1. The van der Waals surface area contributed by atoms with E-state index in [0.29, 0.717) is 0 Å². The molecular formula is C17H20FN3OS. The van der Waals surface area contributed by atoms with Crippen LogP contribution in [0.25, 0.3) is 0 Å². The summed E-state index contributed by atoms with van der Waals surface area (Å²) in [6, 6.07) is 6.17. The fraction of sp³-hybridized carbons (Fsp3) is 0.412. The van der Waals surface area contributed by atoms with Gasteiger partial charge in [0.1, 0.15) is 10.8 Å². The quantitative estimate of drug-likeness (QED) is 0.911. The first-order valence-electron chi connectivity index (χ1n) is 7.91. The van der Waals surface area contributed by atoms with E-state index in [0.717, 1.165) is 30.3 Å². The molecule has 1 amide bonds. The van der Waals surface area contributed by atoms with Gasteiger partial charge in [0.15, 0.2) is 0 Å². The lowest BCUT2D eigenvalue weighted by Gasteiger charge is -2.25. The van der Waals surface area contributed by atoms with E-state index in [9.17, 15) is 9.18 Å². The molecule has 122 valence electrons. The van der Waals surface area contributed by atoms with Crippen LogP contribution < -0.4 is 5.32 Å². The molecule has 1 aromatic heterocycles. The summed E-state index contributed by atoms with van der Waals surface area (Å²) in [5.74, 6) is -0.671. The Labute approximate surface area is 139 Å². The third-order valence-electron chi connectivity index (χ3n) is 3.90. The molecule has 0 atom stereocenters.